The SMILES string of the molecule is CC(C)(C)OC(=O)C[C@H](CN)Cc1ccccc1.CC(C)(C)OC(=O)C[C@H](CN=[N+]=[N-])Cc1ccccc1.CC(C)(C)OC(=O)C[C@H](CO)Cc1ccccc1.CC(C)C=O.CC(C)CNC[C@@H](CC(=O)OC(C)(C)C)Cc1ccccc1.Cc1ccc(S(=O)(=O)Cl)cc1.Cc1ccc(S(=O)(=O)OC[C@@H](CC(=O)OC(C)(C)C)Cc2ccccc2)cc1.[2H]CF.[N-]=[N+]=[N-].[Na+]. The predicted molar refractivity (Wildman–Crippen MR) is 505 cm³/mol. The number of azide groups is 1. The van der Waals surface area contributed by atoms with Crippen molar-refractivity contribution in [3.63, 3.8) is 0 Å². The molecule has 0 aliphatic rings. The van der Waals surface area contributed by atoms with Gasteiger partial charge in [-0.15, -0.1) is 0 Å². The Morgan fingerprint density at radius 2 is 0.727 bits per heavy atom. The largest absolute Gasteiger partial charge is 1.00 e. The van der Waals surface area contributed by atoms with E-state index in [9.17, 15) is 55.1 Å². The van der Waals surface area contributed by atoms with Gasteiger partial charge in [0.2, 0.25) is 0 Å². The fourth-order valence-electron chi connectivity index (χ4n) is 11.3. The Morgan fingerprint density at radius 3 is 1.00 bits per heavy atom. The molecule has 0 bridgehead atoms. The molecule has 4 N–H and O–H groups in total. The van der Waals surface area contributed by atoms with Gasteiger partial charge in [-0.05, 0) is 263 Å². The van der Waals surface area contributed by atoms with E-state index in [1.54, 1.807) is 45.0 Å². The summed E-state index contributed by atoms with van der Waals surface area (Å²) in [4.78, 5) is 73.7. The number of benzene rings is 7. The average molecular weight is 1850 g/mol. The first-order valence-electron chi connectivity index (χ1n) is 42.9. The van der Waals surface area contributed by atoms with E-state index in [1.807, 2.05) is 238 Å². The van der Waals surface area contributed by atoms with E-state index < -0.39 is 54.3 Å². The van der Waals surface area contributed by atoms with Crippen molar-refractivity contribution in [3.05, 3.63) is 266 Å². The summed E-state index contributed by atoms with van der Waals surface area (Å²) in [7, 11) is -3.35. The van der Waals surface area contributed by atoms with E-state index in [-0.39, 0.29) is 137 Å². The van der Waals surface area contributed by atoms with Gasteiger partial charge in [-0.1, -0.05) is 220 Å². The normalized spacial score (nSPS) is 12.3. The Labute approximate surface area is 791 Å². The maximum absolute atomic E-state index is 12.5. The van der Waals surface area contributed by atoms with Crippen molar-refractivity contribution in [1.82, 2.24) is 5.32 Å². The fourth-order valence-corrected chi connectivity index (χ4v) is 13.0. The zero-order valence-corrected chi connectivity index (χ0v) is 83.9. The molecule has 0 amide bonds. The van der Waals surface area contributed by atoms with E-state index in [0.717, 1.165) is 60.0 Å². The van der Waals surface area contributed by atoms with Crippen LogP contribution in [0, 0.1) is 55.3 Å². The molecule has 128 heavy (non-hydrogen) atoms. The van der Waals surface area contributed by atoms with Gasteiger partial charge in [0.15, 0.2) is 0 Å². The molecule has 30 heteroatoms. The smallest absolute Gasteiger partial charge is 0.460 e. The van der Waals surface area contributed by atoms with Crippen LogP contribution >= 0.6 is 10.7 Å². The number of halogens is 2. The first kappa shape index (κ1) is 121. The number of aliphatic hydroxyl groups is 1. The Morgan fingerprint density at radius 1 is 0.469 bits per heavy atom. The number of esters is 5. The minimum Gasteiger partial charge on any atom is -0.460 e. The number of aliphatic hydroxyl groups excluding tert-OH is 1. The number of aldehydes is 1. The van der Waals surface area contributed by atoms with Crippen molar-refractivity contribution in [2.45, 2.75) is 247 Å². The molecule has 7 aromatic rings. The molecule has 0 saturated carbocycles. The molecule has 7 rings (SSSR count). The van der Waals surface area contributed by atoms with Crippen LogP contribution in [-0.4, -0.2) is 133 Å². The van der Waals surface area contributed by atoms with E-state index >= 15 is 0 Å². The molecule has 0 heterocycles. The number of hydrogen-bond donors (Lipinski definition) is 3. The number of rotatable bonds is 34. The zero-order valence-electron chi connectivity index (χ0n) is 80.5. The number of aryl methyl sites for hydroxylation is 2. The predicted octanol–water partition coefficient (Wildman–Crippen LogP) is 18.3. The molecule has 0 fully saturated rings. The minimum absolute atomic E-state index is 0. The molecular weight excluding hydrogens is 1700 g/mol. The van der Waals surface area contributed by atoms with E-state index in [1.165, 1.54) is 40.3 Å². The van der Waals surface area contributed by atoms with E-state index in [4.69, 9.17) is 62.2 Å². The Hall–Kier alpha value is -8.86. The summed E-state index contributed by atoms with van der Waals surface area (Å²) >= 11 is 0. The molecular formula is C98H143ClFN8NaO17S2. The Bertz CT molecular complexity index is 4460. The number of alkyl halides is 1. The first-order valence-corrected chi connectivity index (χ1v) is 45.9. The van der Waals surface area contributed by atoms with E-state index in [2.05, 4.69) is 53.5 Å². The second-order valence-corrected chi connectivity index (χ2v) is 40.1. The van der Waals surface area contributed by atoms with Crippen LogP contribution in [0.1, 0.15) is 204 Å². The number of carbonyl (C=O) groups excluding carboxylic acids is 6. The summed E-state index contributed by atoms with van der Waals surface area (Å²) in [5.41, 5.74) is 33.0. The van der Waals surface area contributed by atoms with Gasteiger partial charge < -0.3 is 55.7 Å². The van der Waals surface area contributed by atoms with E-state index in [0.29, 0.717) is 51.1 Å². The molecule has 0 aliphatic heterocycles. The summed E-state index contributed by atoms with van der Waals surface area (Å²) in [6, 6.07) is 62.6. The third-order valence-electron chi connectivity index (χ3n) is 16.5. The molecule has 0 aliphatic carbocycles. The van der Waals surface area contributed by atoms with Gasteiger partial charge in [-0.2, -0.15) is 8.42 Å². The van der Waals surface area contributed by atoms with Gasteiger partial charge in [0.1, 0.15) is 34.3 Å². The van der Waals surface area contributed by atoms with Crippen LogP contribution in [0.5, 0.6) is 0 Å². The van der Waals surface area contributed by atoms with Gasteiger partial charge in [-0.25, -0.2) is 8.42 Å². The van der Waals surface area contributed by atoms with Crippen molar-refractivity contribution in [2.24, 2.45) is 52.3 Å². The van der Waals surface area contributed by atoms with Gasteiger partial charge in [0.25, 0.3) is 19.2 Å². The van der Waals surface area contributed by atoms with Crippen molar-refractivity contribution in [2.75, 3.05) is 46.5 Å². The molecule has 704 valence electrons. The molecule has 25 nitrogen and oxygen atoms in total. The first-order chi connectivity index (χ1) is 59.6. The quantitative estimate of drug-likeness (QED) is 0.00388. The second kappa shape index (κ2) is 66.5. The third kappa shape index (κ3) is 70.1. The van der Waals surface area contributed by atoms with Gasteiger partial charge in [0.05, 0.1) is 37.8 Å². The van der Waals surface area contributed by atoms with Gasteiger partial charge in [0, 0.05) is 53.9 Å². The van der Waals surface area contributed by atoms with Crippen LogP contribution < -0.4 is 40.6 Å². The molecule has 0 aromatic heterocycles. The molecule has 0 radical (unpaired) electrons. The summed E-state index contributed by atoms with van der Waals surface area (Å²) in [6.07, 6.45) is 5.95. The van der Waals surface area contributed by atoms with Crippen LogP contribution in [0.2, 0.25) is 0 Å². The fraction of sp³-hybridized carbons (Fsp3) is 0.510. The number of ether oxygens (including phenoxy) is 5. The van der Waals surface area contributed by atoms with Crippen LogP contribution in [0.25, 0.3) is 26.4 Å². The number of nitrogens with zero attached hydrogens (tertiary/aromatic N) is 6. The van der Waals surface area contributed by atoms with Crippen LogP contribution in [0.4, 0.5) is 4.39 Å². The molecule has 0 saturated heterocycles. The maximum atomic E-state index is 12.5. The summed E-state index contributed by atoms with van der Waals surface area (Å²) in [5.74, 6) is -0.391. The number of carbonyl (C=O) groups is 6. The second-order valence-electron chi connectivity index (χ2n) is 35.9. The molecule has 7 aromatic carbocycles. The van der Waals surface area contributed by atoms with Gasteiger partial charge in [-0.3, -0.25) is 37.5 Å². The topological polar surface area (TPSA) is 392 Å². The summed E-state index contributed by atoms with van der Waals surface area (Å²) in [5, 5.41) is 16.4. The van der Waals surface area contributed by atoms with Crippen molar-refractivity contribution >= 4 is 66.0 Å². The van der Waals surface area contributed by atoms with Crippen molar-refractivity contribution in [3.8, 4) is 0 Å². The molecule has 0 spiro atoms. The minimum atomic E-state index is -3.89. The van der Waals surface area contributed by atoms with Crippen LogP contribution in [-0.2, 0) is 108 Å². The molecule has 0 unspecified atom stereocenters. The zero-order chi connectivity index (χ0) is 97.8. The van der Waals surface area contributed by atoms with Crippen molar-refractivity contribution in [1.29, 1.82) is 0 Å². The Kier molecular flexibility index (Phi) is 63.0. The summed E-state index contributed by atoms with van der Waals surface area (Å²) < 4.78 is 93.9. The van der Waals surface area contributed by atoms with Gasteiger partial charge >= 0.3 is 59.4 Å². The standard InChI is InChI=1S/C22H28O5S.C19H31NO2.C15H21N3O2.C15H23NO2.C15H22O3.C7H7ClO2S.C4H8O.CH3F.N3.Na/c1-17-10-12-20(13-11-17)28(24,25)26-16-19(14-18-8-6-5-7-9-18)15-21(23)27-22(2,3)4;1-15(2)13-20-14-17(11-16-9-7-6-8-10-16)12-18(21)22-19(3,4)5;1-15(2,3)20-14(19)10-13(11-17-18-16)9-12-7-5-4-6-8-12;2*1-15(2,3)18-14(17)10-13(11-16)9-12-7-5-4-6-8-12;1-6-2-4-7(5-3-6)11(8,9)10;1-4(2)3-5;1-2;1-3-2;/h5-13,19H,14-16H2,1-4H3;6-10,15,17,20H,11-14H2,1-5H3;4-8,13H,9-11H2,1-3H3;4-8,13H,9-11,16H2,1-3H3;4-8,13,16H,9-11H2,1-3H3;2-5H,1H3;3-4H,1-2H3;1H3;;/q;;;;;;;;-1;+1/t19-;17-;3*13-;;;;;/m11111...../s1/i;;;;;;;1D;;. The number of nitrogens with two attached hydrogens (primary N) is 1. The van der Waals surface area contributed by atoms with Crippen LogP contribution in [0.15, 0.2) is 215 Å². The Balaban J connectivity index is -0.00000146. The summed E-state index contributed by atoms with van der Waals surface area (Å²) in [6.45, 7) is 42.2. The average Bonchev–Trinajstić information content (AvgIpc) is 0.838. The van der Waals surface area contributed by atoms with Crippen molar-refractivity contribution < 1.29 is 114 Å². The number of hydrogen-bond acceptors (Lipinski definition) is 20. The monoisotopic (exact) mass is 1850 g/mol. The van der Waals surface area contributed by atoms with Crippen LogP contribution in [0.3, 0.4) is 0 Å². The number of nitrogens with one attached hydrogen (secondary N) is 1. The third-order valence-corrected chi connectivity index (χ3v) is 19.2. The molecule has 5 atom stereocenters. The maximum Gasteiger partial charge on any atom is 1.00 e.